The number of nitrogens with zero attached hydrogens (tertiary/aromatic N) is 1. The number of ether oxygens (including phenoxy) is 1. The van der Waals surface area contributed by atoms with Crippen molar-refractivity contribution in [1.82, 2.24) is 10.3 Å². The minimum absolute atomic E-state index is 0.510. The Hall–Kier alpha value is -2.47. The number of nitrogens with one attached hydrogen (secondary N) is 1. The third-order valence-corrected chi connectivity index (χ3v) is 7.26. The summed E-state index contributed by atoms with van der Waals surface area (Å²) in [4.78, 5) is 5.57. The first kappa shape index (κ1) is 24.6. The van der Waals surface area contributed by atoms with Gasteiger partial charge in [-0.25, -0.2) is 0 Å². The molecule has 1 aliphatic heterocycles. The number of hydrogen-bond donors (Lipinski definition) is 2. The average Bonchev–Trinajstić information content (AvgIpc) is 2.82. The molecule has 3 N–H and O–H groups in total. The standard InChI is InChI=1S/C28H32ClN3OS/c1-18-12-19(2)14-21(13-18)25-17-32-27-16-26(29)23(20(3)34-11-8-30)15-24(27)28(25)33-10-7-22-6-4-5-9-31-22/h8,11-17,22,31H,3-7,9-10,30H2,1-2H3/b11-8-. The van der Waals surface area contributed by atoms with Crippen LogP contribution in [0.3, 0.4) is 0 Å². The molecule has 0 saturated carbocycles. The molecule has 0 radical (unpaired) electrons. The van der Waals surface area contributed by atoms with Crippen molar-refractivity contribution < 1.29 is 4.74 Å². The molecule has 34 heavy (non-hydrogen) atoms. The first-order valence-electron chi connectivity index (χ1n) is 11.8. The van der Waals surface area contributed by atoms with E-state index >= 15 is 0 Å². The molecule has 2 heterocycles. The number of aromatic nitrogens is 1. The van der Waals surface area contributed by atoms with Crippen LogP contribution in [0.25, 0.3) is 26.9 Å². The number of nitrogens with two attached hydrogens (primary N) is 1. The van der Waals surface area contributed by atoms with Crippen LogP contribution in [0.4, 0.5) is 0 Å². The van der Waals surface area contributed by atoms with E-state index in [-0.39, 0.29) is 0 Å². The van der Waals surface area contributed by atoms with Crippen LogP contribution < -0.4 is 15.8 Å². The van der Waals surface area contributed by atoms with Gasteiger partial charge in [0.15, 0.2) is 0 Å². The first-order chi connectivity index (χ1) is 16.5. The largest absolute Gasteiger partial charge is 0.492 e. The van der Waals surface area contributed by atoms with Crippen LogP contribution in [-0.2, 0) is 0 Å². The lowest BCUT2D eigenvalue weighted by molar-refractivity contribution is 0.271. The second-order valence-electron chi connectivity index (χ2n) is 8.88. The van der Waals surface area contributed by atoms with Crippen molar-refractivity contribution >= 4 is 39.2 Å². The number of pyridine rings is 1. The van der Waals surface area contributed by atoms with Gasteiger partial charge in [-0.15, -0.1) is 0 Å². The van der Waals surface area contributed by atoms with Crippen LogP contribution in [0, 0.1) is 13.8 Å². The van der Waals surface area contributed by atoms with Gasteiger partial charge >= 0.3 is 0 Å². The molecule has 1 atom stereocenters. The van der Waals surface area contributed by atoms with Gasteiger partial charge in [-0.2, -0.15) is 0 Å². The SMILES string of the molecule is C=C(S/C=C\N)c1cc2c(OCCC3CCCCN3)c(-c3cc(C)cc(C)c3)cnc2cc1Cl. The summed E-state index contributed by atoms with van der Waals surface area (Å²) < 4.78 is 6.55. The fraction of sp³-hybridized carbons (Fsp3) is 0.321. The van der Waals surface area contributed by atoms with Gasteiger partial charge in [-0.1, -0.05) is 65.7 Å². The summed E-state index contributed by atoms with van der Waals surface area (Å²) in [5.41, 5.74) is 11.7. The first-order valence-corrected chi connectivity index (χ1v) is 13.0. The average molecular weight is 494 g/mol. The van der Waals surface area contributed by atoms with Crippen LogP contribution in [-0.4, -0.2) is 24.2 Å². The monoisotopic (exact) mass is 493 g/mol. The van der Waals surface area contributed by atoms with Crippen molar-refractivity contribution in [2.45, 2.75) is 45.6 Å². The van der Waals surface area contributed by atoms with Gasteiger partial charge in [0.2, 0.25) is 0 Å². The van der Waals surface area contributed by atoms with Gasteiger partial charge in [-0.3, -0.25) is 4.98 Å². The number of aryl methyl sites for hydroxylation is 2. The zero-order valence-electron chi connectivity index (χ0n) is 19.9. The predicted molar refractivity (Wildman–Crippen MR) is 147 cm³/mol. The number of piperidine rings is 1. The summed E-state index contributed by atoms with van der Waals surface area (Å²) in [5, 5.41) is 6.95. The Bertz CT molecular complexity index is 1200. The zero-order chi connectivity index (χ0) is 24.1. The summed E-state index contributed by atoms with van der Waals surface area (Å²) in [6, 6.07) is 11.0. The Morgan fingerprint density at radius 3 is 2.74 bits per heavy atom. The lowest BCUT2D eigenvalue weighted by atomic mass is 9.98. The van der Waals surface area contributed by atoms with E-state index in [0.717, 1.165) is 51.2 Å². The maximum atomic E-state index is 6.62. The highest BCUT2D eigenvalue weighted by molar-refractivity contribution is 8.10. The lowest BCUT2D eigenvalue weighted by Crippen LogP contribution is -2.35. The fourth-order valence-corrected chi connectivity index (χ4v) is 5.42. The summed E-state index contributed by atoms with van der Waals surface area (Å²) in [6.45, 7) is 10.1. The predicted octanol–water partition coefficient (Wildman–Crippen LogP) is 7.22. The topological polar surface area (TPSA) is 60.2 Å². The molecule has 0 amide bonds. The summed E-state index contributed by atoms with van der Waals surface area (Å²) in [5.74, 6) is 0.843. The van der Waals surface area contributed by atoms with Crippen molar-refractivity contribution in [3.8, 4) is 16.9 Å². The van der Waals surface area contributed by atoms with Crippen LogP contribution in [0.15, 0.2) is 54.7 Å². The maximum absolute atomic E-state index is 6.62. The molecular formula is C28H32ClN3OS. The van der Waals surface area contributed by atoms with E-state index in [1.165, 1.54) is 48.4 Å². The van der Waals surface area contributed by atoms with Crippen LogP contribution in [0.5, 0.6) is 5.75 Å². The van der Waals surface area contributed by atoms with E-state index in [2.05, 4.69) is 43.9 Å². The summed E-state index contributed by atoms with van der Waals surface area (Å²) in [7, 11) is 0. The van der Waals surface area contributed by atoms with Crippen molar-refractivity contribution in [2.75, 3.05) is 13.2 Å². The number of halogens is 1. The van der Waals surface area contributed by atoms with Crippen molar-refractivity contribution in [2.24, 2.45) is 5.73 Å². The fourth-order valence-electron chi connectivity index (χ4n) is 4.55. The van der Waals surface area contributed by atoms with Gasteiger partial charge < -0.3 is 15.8 Å². The molecule has 1 saturated heterocycles. The number of thioether (sulfide) groups is 1. The van der Waals surface area contributed by atoms with Gasteiger partial charge in [-0.05, 0) is 62.8 Å². The van der Waals surface area contributed by atoms with Crippen LogP contribution >= 0.6 is 23.4 Å². The van der Waals surface area contributed by atoms with Crippen molar-refractivity contribution in [3.63, 3.8) is 0 Å². The molecule has 2 aromatic carbocycles. The van der Waals surface area contributed by atoms with Gasteiger partial charge in [0.25, 0.3) is 0 Å². The highest BCUT2D eigenvalue weighted by atomic mass is 35.5. The zero-order valence-corrected chi connectivity index (χ0v) is 21.4. The molecule has 1 fully saturated rings. The van der Waals surface area contributed by atoms with E-state index in [1.54, 1.807) is 5.41 Å². The smallest absolute Gasteiger partial charge is 0.138 e. The summed E-state index contributed by atoms with van der Waals surface area (Å²) >= 11 is 8.06. The van der Waals surface area contributed by atoms with E-state index in [0.29, 0.717) is 17.7 Å². The normalized spacial score (nSPS) is 16.3. The maximum Gasteiger partial charge on any atom is 0.138 e. The van der Waals surface area contributed by atoms with Gasteiger partial charge in [0.1, 0.15) is 5.75 Å². The lowest BCUT2D eigenvalue weighted by Gasteiger charge is -2.24. The molecule has 3 aromatic rings. The van der Waals surface area contributed by atoms with Crippen LogP contribution in [0.2, 0.25) is 5.02 Å². The minimum atomic E-state index is 0.510. The van der Waals surface area contributed by atoms with E-state index < -0.39 is 0 Å². The third kappa shape index (κ3) is 5.77. The molecule has 0 aliphatic carbocycles. The highest BCUT2D eigenvalue weighted by Crippen LogP contribution is 2.41. The quantitative estimate of drug-likeness (QED) is 0.347. The number of hydrogen-bond acceptors (Lipinski definition) is 5. The second kappa shape index (κ2) is 11.3. The molecule has 0 spiro atoms. The Morgan fingerprint density at radius 2 is 2.03 bits per heavy atom. The van der Waals surface area contributed by atoms with E-state index in [4.69, 9.17) is 27.1 Å². The molecule has 4 nitrogen and oxygen atoms in total. The molecule has 1 unspecified atom stereocenters. The molecule has 6 heteroatoms. The Kier molecular flexibility index (Phi) is 8.19. The second-order valence-corrected chi connectivity index (χ2v) is 10.3. The Balaban J connectivity index is 1.78. The highest BCUT2D eigenvalue weighted by Gasteiger charge is 2.18. The Morgan fingerprint density at radius 1 is 1.24 bits per heavy atom. The Labute approximate surface area is 211 Å². The number of fused-ring (bicyclic) bond motifs is 1. The molecular weight excluding hydrogens is 462 g/mol. The van der Waals surface area contributed by atoms with Gasteiger partial charge in [0.05, 0.1) is 17.1 Å². The minimum Gasteiger partial charge on any atom is -0.492 e. The number of rotatable bonds is 8. The molecule has 1 aromatic heterocycles. The van der Waals surface area contributed by atoms with E-state index in [1.807, 2.05) is 18.3 Å². The third-order valence-electron chi connectivity index (χ3n) is 6.15. The number of benzene rings is 2. The molecule has 4 rings (SSSR count). The molecule has 178 valence electrons. The molecule has 0 bridgehead atoms. The van der Waals surface area contributed by atoms with Crippen molar-refractivity contribution in [1.29, 1.82) is 0 Å². The molecule has 1 aliphatic rings. The van der Waals surface area contributed by atoms with Crippen molar-refractivity contribution in [3.05, 3.63) is 76.4 Å². The van der Waals surface area contributed by atoms with E-state index in [9.17, 15) is 0 Å². The summed E-state index contributed by atoms with van der Waals surface area (Å²) in [6.07, 6.45) is 8.12. The van der Waals surface area contributed by atoms with Gasteiger partial charge in [0, 0.05) is 39.9 Å². The van der Waals surface area contributed by atoms with Crippen LogP contribution in [0.1, 0.15) is 42.4 Å².